The van der Waals surface area contributed by atoms with E-state index >= 15 is 0 Å². The summed E-state index contributed by atoms with van der Waals surface area (Å²) in [5, 5.41) is 10.4. The standard InChI is InChI=1S/C17H18F3N3O2/c18-17(19,20)16-22-9-14(10-23-16)25-13-5-3-11(4-6-13)15(24)12-2-1-7-21-8-12/h1-2,7-11,13,15,24H,3-6H2. The van der Waals surface area contributed by atoms with Crippen LogP contribution in [-0.4, -0.2) is 26.2 Å². The zero-order valence-corrected chi connectivity index (χ0v) is 13.4. The van der Waals surface area contributed by atoms with Crippen LogP contribution in [-0.2, 0) is 6.18 Å². The largest absolute Gasteiger partial charge is 0.487 e. The van der Waals surface area contributed by atoms with Gasteiger partial charge in [0, 0.05) is 12.4 Å². The topological polar surface area (TPSA) is 68.1 Å². The van der Waals surface area contributed by atoms with Crippen molar-refractivity contribution in [2.45, 2.75) is 44.1 Å². The van der Waals surface area contributed by atoms with Crippen molar-refractivity contribution in [3.63, 3.8) is 0 Å². The van der Waals surface area contributed by atoms with Gasteiger partial charge in [-0.15, -0.1) is 0 Å². The minimum Gasteiger partial charge on any atom is -0.487 e. The molecule has 0 radical (unpaired) electrons. The van der Waals surface area contributed by atoms with Crippen LogP contribution in [0.5, 0.6) is 5.75 Å². The highest BCUT2D eigenvalue weighted by Gasteiger charge is 2.34. The maximum atomic E-state index is 12.4. The first kappa shape index (κ1) is 17.6. The molecule has 5 nitrogen and oxygen atoms in total. The van der Waals surface area contributed by atoms with Crippen molar-refractivity contribution in [2.75, 3.05) is 0 Å². The van der Waals surface area contributed by atoms with Gasteiger partial charge in [-0.1, -0.05) is 6.07 Å². The van der Waals surface area contributed by atoms with Crippen molar-refractivity contribution in [3.05, 3.63) is 48.3 Å². The van der Waals surface area contributed by atoms with Gasteiger partial charge >= 0.3 is 6.18 Å². The molecule has 0 aliphatic heterocycles. The maximum absolute atomic E-state index is 12.4. The number of ether oxygens (including phenoxy) is 1. The highest BCUT2D eigenvalue weighted by atomic mass is 19.4. The Morgan fingerprint density at radius 1 is 1.08 bits per heavy atom. The summed E-state index contributed by atoms with van der Waals surface area (Å²) in [5.74, 6) is -0.833. The number of nitrogens with zero attached hydrogens (tertiary/aromatic N) is 3. The summed E-state index contributed by atoms with van der Waals surface area (Å²) in [7, 11) is 0. The number of rotatable bonds is 4. The summed E-state index contributed by atoms with van der Waals surface area (Å²) >= 11 is 0. The first-order chi connectivity index (χ1) is 11.9. The molecule has 1 saturated carbocycles. The van der Waals surface area contributed by atoms with E-state index in [9.17, 15) is 18.3 Å². The van der Waals surface area contributed by atoms with Crippen LogP contribution < -0.4 is 4.74 Å². The molecule has 2 aromatic heterocycles. The minimum absolute atomic E-state index is 0.113. The van der Waals surface area contributed by atoms with Crippen LogP contribution >= 0.6 is 0 Å². The smallest absolute Gasteiger partial charge is 0.451 e. The molecule has 1 aliphatic carbocycles. The predicted octanol–water partition coefficient (Wildman–Crippen LogP) is 3.56. The number of halogens is 3. The third-order valence-electron chi connectivity index (χ3n) is 4.38. The molecular formula is C17H18F3N3O2. The molecule has 1 unspecified atom stereocenters. The number of pyridine rings is 1. The number of hydrogen-bond acceptors (Lipinski definition) is 5. The van der Waals surface area contributed by atoms with E-state index in [1.165, 1.54) is 0 Å². The number of alkyl halides is 3. The monoisotopic (exact) mass is 353 g/mol. The Bertz CT molecular complexity index is 672. The fourth-order valence-electron chi connectivity index (χ4n) is 3.06. The molecule has 25 heavy (non-hydrogen) atoms. The molecule has 8 heteroatoms. The van der Waals surface area contributed by atoms with Crippen molar-refractivity contribution < 1.29 is 23.0 Å². The fourth-order valence-corrected chi connectivity index (χ4v) is 3.06. The molecule has 0 amide bonds. The lowest BCUT2D eigenvalue weighted by atomic mass is 9.82. The zero-order valence-electron chi connectivity index (χ0n) is 13.4. The molecule has 1 N–H and O–H groups in total. The molecule has 2 aromatic rings. The average molecular weight is 353 g/mol. The number of hydrogen-bond donors (Lipinski definition) is 1. The van der Waals surface area contributed by atoms with Gasteiger partial charge in [-0.05, 0) is 43.2 Å². The van der Waals surface area contributed by atoms with Crippen molar-refractivity contribution >= 4 is 0 Å². The van der Waals surface area contributed by atoms with Crippen LogP contribution in [0.1, 0.15) is 43.2 Å². The maximum Gasteiger partial charge on any atom is 0.451 e. The Kier molecular flexibility index (Phi) is 5.17. The Morgan fingerprint density at radius 3 is 2.32 bits per heavy atom. The number of aliphatic hydroxyl groups is 1. The summed E-state index contributed by atoms with van der Waals surface area (Å²) in [6.45, 7) is 0. The lowest BCUT2D eigenvalue weighted by Gasteiger charge is -2.31. The summed E-state index contributed by atoms with van der Waals surface area (Å²) < 4.78 is 43.0. The van der Waals surface area contributed by atoms with E-state index in [1.54, 1.807) is 18.5 Å². The molecule has 3 rings (SSSR count). The quantitative estimate of drug-likeness (QED) is 0.910. The molecular weight excluding hydrogens is 335 g/mol. The van der Waals surface area contributed by atoms with Crippen molar-refractivity contribution in [1.29, 1.82) is 0 Å². The lowest BCUT2D eigenvalue weighted by Crippen LogP contribution is -2.27. The van der Waals surface area contributed by atoms with Crippen LogP contribution in [0.4, 0.5) is 13.2 Å². The van der Waals surface area contributed by atoms with Gasteiger partial charge < -0.3 is 9.84 Å². The summed E-state index contributed by atoms with van der Waals surface area (Å²) in [6.07, 6.45) is 3.13. The Labute approximate surface area is 142 Å². The molecule has 0 bridgehead atoms. The second-order valence-electron chi connectivity index (χ2n) is 6.13. The Morgan fingerprint density at radius 2 is 1.76 bits per heavy atom. The molecule has 2 heterocycles. The number of aromatic nitrogens is 3. The molecule has 1 atom stereocenters. The van der Waals surface area contributed by atoms with Gasteiger partial charge in [0.2, 0.25) is 5.82 Å². The van der Waals surface area contributed by atoms with Gasteiger partial charge in [0.15, 0.2) is 5.75 Å². The number of aliphatic hydroxyl groups excluding tert-OH is 1. The van der Waals surface area contributed by atoms with E-state index < -0.39 is 18.1 Å². The van der Waals surface area contributed by atoms with Crippen LogP contribution in [0.15, 0.2) is 36.9 Å². The van der Waals surface area contributed by atoms with Gasteiger partial charge in [0.25, 0.3) is 0 Å². The van der Waals surface area contributed by atoms with Crippen LogP contribution in [0.25, 0.3) is 0 Å². The van der Waals surface area contributed by atoms with Gasteiger partial charge in [0.05, 0.1) is 24.6 Å². The van der Waals surface area contributed by atoms with Gasteiger partial charge in [-0.3, -0.25) is 4.98 Å². The Hall–Kier alpha value is -2.22. The van der Waals surface area contributed by atoms with E-state index in [4.69, 9.17) is 4.74 Å². The third kappa shape index (κ3) is 4.45. The molecule has 0 spiro atoms. The van der Waals surface area contributed by atoms with Gasteiger partial charge in [0.1, 0.15) is 0 Å². The Balaban J connectivity index is 1.52. The molecule has 0 aromatic carbocycles. The van der Waals surface area contributed by atoms with E-state index in [-0.39, 0.29) is 17.8 Å². The zero-order chi connectivity index (χ0) is 17.9. The summed E-state index contributed by atoms with van der Waals surface area (Å²) in [6, 6.07) is 3.64. The van der Waals surface area contributed by atoms with Crippen molar-refractivity contribution in [3.8, 4) is 5.75 Å². The second kappa shape index (κ2) is 7.35. The molecule has 1 aliphatic rings. The molecule has 0 saturated heterocycles. The average Bonchev–Trinajstić information content (AvgIpc) is 2.62. The first-order valence-corrected chi connectivity index (χ1v) is 8.07. The van der Waals surface area contributed by atoms with Gasteiger partial charge in [-0.25, -0.2) is 9.97 Å². The van der Waals surface area contributed by atoms with Crippen LogP contribution in [0.3, 0.4) is 0 Å². The van der Waals surface area contributed by atoms with Crippen molar-refractivity contribution in [1.82, 2.24) is 15.0 Å². The van der Waals surface area contributed by atoms with Crippen molar-refractivity contribution in [2.24, 2.45) is 5.92 Å². The third-order valence-corrected chi connectivity index (χ3v) is 4.38. The fraction of sp³-hybridized carbons (Fsp3) is 0.471. The highest BCUT2D eigenvalue weighted by molar-refractivity contribution is 5.15. The van der Waals surface area contributed by atoms with E-state index in [0.717, 1.165) is 30.8 Å². The van der Waals surface area contributed by atoms with Gasteiger partial charge in [-0.2, -0.15) is 13.2 Å². The minimum atomic E-state index is -4.56. The normalized spacial score (nSPS) is 22.4. The summed E-state index contributed by atoms with van der Waals surface area (Å²) in [4.78, 5) is 10.6. The molecule has 134 valence electrons. The summed E-state index contributed by atoms with van der Waals surface area (Å²) in [5.41, 5.74) is 0.794. The second-order valence-corrected chi connectivity index (χ2v) is 6.13. The van der Waals surface area contributed by atoms with Crippen LogP contribution in [0.2, 0.25) is 0 Å². The predicted molar refractivity (Wildman–Crippen MR) is 82.6 cm³/mol. The lowest BCUT2D eigenvalue weighted by molar-refractivity contribution is -0.145. The van der Waals surface area contributed by atoms with E-state index in [2.05, 4.69) is 15.0 Å². The van der Waals surface area contributed by atoms with E-state index in [0.29, 0.717) is 12.8 Å². The van der Waals surface area contributed by atoms with Crippen LogP contribution in [0, 0.1) is 5.92 Å². The highest BCUT2D eigenvalue weighted by Crippen LogP contribution is 2.35. The first-order valence-electron chi connectivity index (χ1n) is 8.07. The SMILES string of the molecule is OC(c1cccnc1)C1CCC(Oc2cnc(C(F)(F)F)nc2)CC1. The van der Waals surface area contributed by atoms with E-state index in [1.807, 2.05) is 6.07 Å². The molecule has 1 fully saturated rings.